The van der Waals surface area contributed by atoms with Gasteiger partial charge in [-0.15, -0.1) is 0 Å². The van der Waals surface area contributed by atoms with Crippen LogP contribution in [0.25, 0.3) is 10.9 Å². The monoisotopic (exact) mass is 275 g/mol. The Morgan fingerprint density at radius 1 is 1.20 bits per heavy atom. The largest absolute Gasteiger partial charge is 0.493 e. The van der Waals surface area contributed by atoms with Gasteiger partial charge < -0.3 is 14.9 Å². The van der Waals surface area contributed by atoms with Crippen LogP contribution in [0.1, 0.15) is 23.3 Å². The number of nitrogens with zero attached hydrogens (tertiary/aromatic N) is 1. The lowest BCUT2D eigenvalue weighted by atomic mass is 10.2. The molecule has 1 aromatic heterocycles. The molecule has 6 nitrogen and oxygen atoms in total. The fourth-order valence-corrected chi connectivity index (χ4v) is 1.78. The van der Waals surface area contributed by atoms with Crippen LogP contribution in [-0.2, 0) is 4.79 Å². The molecule has 0 amide bonds. The third kappa shape index (κ3) is 3.23. The van der Waals surface area contributed by atoms with E-state index >= 15 is 0 Å². The molecule has 0 spiro atoms. The highest BCUT2D eigenvalue weighted by atomic mass is 16.5. The molecule has 0 saturated heterocycles. The maximum Gasteiger partial charge on any atom is 0.354 e. The normalized spacial score (nSPS) is 10.4. The molecule has 0 aliphatic rings. The summed E-state index contributed by atoms with van der Waals surface area (Å²) in [5.41, 5.74) is 0.428. The summed E-state index contributed by atoms with van der Waals surface area (Å²) in [6.45, 7) is 0.208. The molecule has 0 bridgehead atoms. The Bertz CT molecular complexity index is 653. The van der Waals surface area contributed by atoms with Crippen molar-refractivity contribution in [2.24, 2.45) is 0 Å². The topological polar surface area (TPSA) is 96.7 Å². The van der Waals surface area contributed by atoms with E-state index in [2.05, 4.69) is 4.98 Å². The highest BCUT2D eigenvalue weighted by molar-refractivity contribution is 5.93. The first kappa shape index (κ1) is 13.8. The van der Waals surface area contributed by atoms with E-state index in [0.717, 1.165) is 0 Å². The van der Waals surface area contributed by atoms with Gasteiger partial charge in [0.2, 0.25) is 0 Å². The molecule has 0 radical (unpaired) electrons. The second kappa shape index (κ2) is 6.01. The predicted octanol–water partition coefficient (Wildman–Crippen LogP) is 2.18. The number of pyridine rings is 1. The summed E-state index contributed by atoms with van der Waals surface area (Å²) in [6.07, 6.45) is 0.364. The van der Waals surface area contributed by atoms with Crippen molar-refractivity contribution in [1.29, 1.82) is 0 Å². The maximum atomic E-state index is 11.0. The second-order valence-electron chi connectivity index (χ2n) is 4.17. The number of carbonyl (C=O) groups is 2. The molecular weight excluding hydrogens is 262 g/mol. The van der Waals surface area contributed by atoms with Gasteiger partial charge in [0.1, 0.15) is 5.75 Å². The molecule has 20 heavy (non-hydrogen) atoms. The van der Waals surface area contributed by atoms with Gasteiger partial charge in [0.05, 0.1) is 12.1 Å². The Labute approximate surface area is 114 Å². The number of benzene rings is 1. The average Bonchev–Trinajstić information content (AvgIpc) is 2.42. The fraction of sp³-hybridized carbons (Fsp3) is 0.214. The number of fused-ring (bicyclic) bond motifs is 1. The summed E-state index contributed by atoms with van der Waals surface area (Å²) in [5, 5.41) is 18.3. The molecule has 2 rings (SSSR count). The Hall–Kier alpha value is -2.63. The summed E-state index contributed by atoms with van der Waals surface area (Å²) in [5.74, 6) is -1.62. The van der Waals surface area contributed by atoms with E-state index in [-0.39, 0.29) is 18.7 Å². The van der Waals surface area contributed by atoms with Crippen molar-refractivity contribution in [2.45, 2.75) is 12.8 Å². The lowest BCUT2D eigenvalue weighted by molar-refractivity contribution is -0.137. The van der Waals surface area contributed by atoms with Crippen molar-refractivity contribution in [2.75, 3.05) is 6.61 Å². The van der Waals surface area contributed by atoms with Crippen molar-refractivity contribution < 1.29 is 24.5 Å². The molecule has 0 saturated carbocycles. The number of aromatic nitrogens is 1. The minimum Gasteiger partial charge on any atom is -0.493 e. The van der Waals surface area contributed by atoms with Crippen molar-refractivity contribution in [3.8, 4) is 5.75 Å². The molecular formula is C14H13NO5. The van der Waals surface area contributed by atoms with Gasteiger partial charge in [0.25, 0.3) is 0 Å². The van der Waals surface area contributed by atoms with E-state index in [4.69, 9.17) is 14.9 Å². The molecule has 2 aromatic rings. The minimum absolute atomic E-state index is 0.00873. The van der Waals surface area contributed by atoms with Crippen LogP contribution in [0.5, 0.6) is 5.75 Å². The van der Waals surface area contributed by atoms with Crippen LogP contribution in [0.3, 0.4) is 0 Å². The summed E-state index contributed by atoms with van der Waals surface area (Å²) in [6, 6.07) is 8.39. The highest BCUT2D eigenvalue weighted by Crippen LogP contribution is 2.25. The van der Waals surface area contributed by atoms with Crippen LogP contribution in [0.2, 0.25) is 0 Å². The lowest BCUT2D eigenvalue weighted by Gasteiger charge is -2.09. The van der Waals surface area contributed by atoms with Gasteiger partial charge in [-0.2, -0.15) is 0 Å². The first-order valence-electron chi connectivity index (χ1n) is 6.05. The van der Waals surface area contributed by atoms with Crippen molar-refractivity contribution in [3.63, 3.8) is 0 Å². The number of carboxylic acid groups (broad SMARTS) is 2. The zero-order valence-corrected chi connectivity index (χ0v) is 10.6. The zero-order chi connectivity index (χ0) is 14.5. The van der Waals surface area contributed by atoms with Crippen molar-refractivity contribution >= 4 is 22.8 Å². The Morgan fingerprint density at radius 2 is 1.95 bits per heavy atom. The Kier molecular flexibility index (Phi) is 4.14. The highest BCUT2D eigenvalue weighted by Gasteiger charge is 2.11. The van der Waals surface area contributed by atoms with Crippen LogP contribution >= 0.6 is 0 Å². The summed E-state index contributed by atoms with van der Waals surface area (Å²) in [4.78, 5) is 25.5. The molecule has 1 heterocycles. The van der Waals surface area contributed by atoms with Crippen LogP contribution in [0.4, 0.5) is 0 Å². The fourth-order valence-electron chi connectivity index (χ4n) is 1.78. The van der Waals surface area contributed by atoms with Crippen LogP contribution in [-0.4, -0.2) is 33.7 Å². The van der Waals surface area contributed by atoms with Crippen LogP contribution in [0.15, 0.2) is 30.3 Å². The number of hydrogen-bond donors (Lipinski definition) is 2. The smallest absolute Gasteiger partial charge is 0.354 e. The molecule has 0 fully saturated rings. The van der Waals surface area contributed by atoms with Crippen molar-refractivity contribution in [1.82, 2.24) is 4.98 Å². The molecule has 2 N–H and O–H groups in total. The third-order valence-corrected chi connectivity index (χ3v) is 2.69. The van der Waals surface area contributed by atoms with Gasteiger partial charge in [0, 0.05) is 17.9 Å². The maximum absolute atomic E-state index is 11.0. The molecule has 0 aliphatic heterocycles. The predicted molar refractivity (Wildman–Crippen MR) is 71.1 cm³/mol. The minimum atomic E-state index is -1.13. The van der Waals surface area contributed by atoms with Gasteiger partial charge in [-0.25, -0.2) is 9.78 Å². The number of para-hydroxylation sites is 1. The first-order chi connectivity index (χ1) is 9.58. The van der Waals surface area contributed by atoms with E-state index in [1.54, 1.807) is 24.3 Å². The zero-order valence-electron chi connectivity index (χ0n) is 10.6. The molecule has 0 atom stereocenters. The number of aliphatic carboxylic acids is 1. The number of rotatable bonds is 6. The summed E-state index contributed by atoms with van der Waals surface area (Å²) in [7, 11) is 0. The second-order valence-corrected chi connectivity index (χ2v) is 4.17. The van der Waals surface area contributed by atoms with Gasteiger partial charge in [-0.1, -0.05) is 12.1 Å². The first-order valence-corrected chi connectivity index (χ1v) is 6.05. The number of ether oxygens (including phenoxy) is 1. The van der Waals surface area contributed by atoms with Crippen molar-refractivity contribution in [3.05, 3.63) is 36.0 Å². The van der Waals surface area contributed by atoms with Gasteiger partial charge in [0.15, 0.2) is 5.69 Å². The molecule has 0 aliphatic carbocycles. The van der Waals surface area contributed by atoms with Gasteiger partial charge in [-0.05, 0) is 18.6 Å². The number of aromatic carboxylic acids is 1. The SMILES string of the molecule is O=C(O)CCCOc1cc(C(=O)O)nc2ccccc12. The molecule has 1 aromatic carbocycles. The average molecular weight is 275 g/mol. The van der Waals surface area contributed by atoms with E-state index in [1.807, 2.05) is 0 Å². The summed E-state index contributed by atoms with van der Waals surface area (Å²) >= 11 is 0. The van der Waals surface area contributed by atoms with Crippen LogP contribution < -0.4 is 4.74 Å². The van der Waals surface area contributed by atoms with Gasteiger partial charge in [-0.3, -0.25) is 4.79 Å². The molecule has 104 valence electrons. The standard InChI is InChI=1S/C14H13NO5/c16-13(17)6-3-7-20-12-8-11(14(18)19)15-10-5-2-1-4-9(10)12/h1-2,4-5,8H,3,6-7H2,(H,16,17)(H,18,19). The molecule has 6 heteroatoms. The quantitative estimate of drug-likeness (QED) is 0.784. The van der Waals surface area contributed by atoms with Crippen LogP contribution in [0, 0.1) is 0 Å². The Morgan fingerprint density at radius 3 is 2.65 bits per heavy atom. The molecule has 0 unspecified atom stereocenters. The van der Waals surface area contributed by atoms with E-state index < -0.39 is 11.9 Å². The van der Waals surface area contributed by atoms with E-state index in [0.29, 0.717) is 23.1 Å². The Balaban J connectivity index is 2.25. The number of hydrogen-bond acceptors (Lipinski definition) is 4. The van der Waals surface area contributed by atoms with Gasteiger partial charge >= 0.3 is 11.9 Å². The van der Waals surface area contributed by atoms with E-state index in [9.17, 15) is 9.59 Å². The third-order valence-electron chi connectivity index (χ3n) is 2.69. The van der Waals surface area contributed by atoms with E-state index in [1.165, 1.54) is 6.07 Å². The summed E-state index contributed by atoms with van der Waals surface area (Å²) < 4.78 is 5.49. The number of carboxylic acids is 2. The lowest BCUT2D eigenvalue weighted by Crippen LogP contribution is -2.05.